The van der Waals surface area contributed by atoms with E-state index >= 15 is 0 Å². The van der Waals surface area contributed by atoms with E-state index in [4.69, 9.17) is 9.47 Å². The molecule has 0 radical (unpaired) electrons. The average Bonchev–Trinajstić information content (AvgIpc) is 2.80. The average molecular weight is 459 g/mol. The van der Waals surface area contributed by atoms with Gasteiger partial charge in [-0.1, -0.05) is 45.0 Å². The smallest absolute Gasteiger partial charge is 0.161 e. The van der Waals surface area contributed by atoms with Gasteiger partial charge >= 0.3 is 0 Å². The Morgan fingerprint density at radius 2 is 1.59 bits per heavy atom. The number of methoxy groups -OCH3 is 1. The Balaban J connectivity index is 1.27. The zero-order chi connectivity index (χ0) is 23.9. The standard InChI is InChI=1S/C31H38O3/c1-30(2,3)26-7-9-27(10-8-26)34-20-25-16-21(5-11-28(25)33-4)6-12-29(32)31-17-22-13-23(18-31)15-24(14-22)19-31/h5-12,16,22-24H,13-15,17-20H2,1-4H3/b12-6+. The number of rotatable bonds is 7. The first-order valence-corrected chi connectivity index (χ1v) is 12.9. The van der Waals surface area contributed by atoms with Crippen LogP contribution in [0.5, 0.6) is 11.5 Å². The molecule has 4 aliphatic carbocycles. The van der Waals surface area contributed by atoms with Gasteiger partial charge in [-0.2, -0.15) is 0 Å². The van der Waals surface area contributed by atoms with E-state index in [2.05, 4.69) is 39.0 Å². The Morgan fingerprint density at radius 3 is 2.15 bits per heavy atom. The molecule has 3 heteroatoms. The van der Waals surface area contributed by atoms with Gasteiger partial charge in [0, 0.05) is 11.0 Å². The van der Waals surface area contributed by atoms with Crippen molar-refractivity contribution in [2.45, 2.75) is 71.3 Å². The van der Waals surface area contributed by atoms with Crippen LogP contribution >= 0.6 is 0 Å². The summed E-state index contributed by atoms with van der Waals surface area (Å²) in [7, 11) is 1.68. The summed E-state index contributed by atoms with van der Waals surface area (Å²) >= 11 is 0. The maximum absolute atomic E-state index is 13.4. The van der Waals surface area contributed by atoms with Crippen molar-refractivity contribution in [3.63, 3.8) is 0 Å². The highest BCUT2D eigenvalue weighted by Gasteiger charge is 2.53. The topological polar surface area (TPSA) is 35.5 Å². The summed E-state index contributed by atoms with van der Waals surface area (Å²) in [6.45, 7) is 7.05. The van der Waals surface area contributed by atoms with E-state index in [9.17, 15) is 4.79 Å². The molecule has 180 valence electrons. The fraction of sp³-hybridized carbons (Fsp3) is 0.516. The molecule has 34 heavy (non-hydrogen) atoms. The van der Waals surface area contributed by atoms with Crippen molar-refractivity contribution in [1.29, 1.82) is 0 Å². The lowest BCUT2D eigenvalue weighted by molar-refractivity contribution is -0.138. The quantitative estimate of drug-likeness (QED) is 0.406. The number of benzene rings is 2. The normalized spacial score (nSPS) is 27.8. The fourth-order valence-corrected chi connectivity index (χ4v) is 6.99. The molecule has 0 N–H and O–H groups in total. The van der Waals surface area contributed by atoms with Crippen molar-refractivity contribution in [3.8, 4) is 11.5 Å². The highest BCUT2D eigenvalue weighted by Crippen LogP contribution is 2.60. The van der Waals surface area contributed by atoms with E-state index in [1.54, 1.807) is 7.11 Å². The molecule has 0 unspecified atom stereocenters. The number of hydrogen-bond acceptors (Lipinski definition) is 3. The van der Waals surface area contributed by atoms with Gasteiger partial charge in [-0.25, -0.2) is 0 Å². The predicted octanol–water partition coefficient (Wildman–Crippen LogP) is 7.37. The van der Waals surface area contributed by atoms with Crippen molar-refractivity contribution in [3.05, 3.63) is 65.2 Å². The SMILES string of the molecule is COc1ccc(/C=C/C(=O)C23CC4CC(CC(C4)C2)C3)cc1COc1ccc(C(C)(C)C)cc1. The summed E-state index contributed by atoms with van der Waals surface area (Å²) in [5, 5.41) is 0. The molecule has 2 aromatic carbocycles. The summed E-state index contributed by atoms with van der Waals surface area (Å²) in [6.07, 6.45) is 11.2. The Labute approximate surface area is 204 Å². The number of allylic oxidation sites excluding steroid dienone is 1. The lowest BCUT2D eigenvalue weighted by atomic mass is 9.48. The highest BCUT2D eigenvalue weighted by molar-refractivity contribution is 5.98. The summed E-state index contributed by atoms with van der Waals surface area (Å²) in [4.78, 5) is 13.4. The molecule has 4 bridgehead atoms. The number of ether oxygens (including phenoxy) is 2. The monoisotopic (exact) mass is 458 g/mol. The van der Waals surface area contributed by atoms with Gasteiger partial charge in [0.05, 0.1) is 7.11 Å². The predicted molar refractivity (Wildman–Crippen MR) is 137 cm³/mol. The third kappa shape index (κ3) is 4.67. The van der Waals surface area contributed by atoms with Crippen LogP contribution in [0.4, 0.5) is 0 Å². The van der Waals surface area contributed by atoms with Gasteiger partial charge in [0.1, 0.15) is 18.1 Å². The second-order valence-electron chi connectivity index (χ2n) is 12.0. The largest absolute Gasteiger partial charge is 0.496 e. The van der Waals surface area contributed by atoms with Crippen LogP contribution < -0.4 is 9.47 Å². The third-order valence-electron chi connectivity index (χ3n) is 8.41. The van der Waals surface area contributed by atoms with Crippen LogP contribution in [0.15, 0.2) is 48.5 Å². The molecule has 2 aromatic rings. The van der Waals surface area contributed by atoms with Gasteiger partial charge < -0.3 is 9.47 Å². The van der Waals surface area contributed by atoms with Crippen molar-refractivity contribution in [2.75, 3.05) is 7.11 Å². The Bertz CT molecular complexity index is 1040. The second kappa shape index (κ2) is 8.91. The van der Waals surface area contributed by atoms with Crippen LogP contribution in [0.25, 0.3) is 6.08 Å². The lowest BCUT2D eigenvalue weighted by Crippen LogP contribution is -2.49. The molecule has 0 aromatic heterocycles. The maximum atomic E-state index is 13.4. The van der Waals surface area contributed by atoms with Crippen LogP contribution in [0.3, 0.4) is 0 Å². The zero-order valence-corrected chi connectivity index (χ0v) is 21.1. The van der Waals surface area contributed by atoms with E-state index in [0.29, 0.717) is 12.4 Å². The minimum Gasteiger partial charge on any atom is -0.496 e. The molecule has 4 fully saturated rings. The number of carbonyl (C=O) groups excluding carboxylic acids is 1. The first-order chi connectivity index (χ1) is 16.2. The summed E-state index contributed by atoms with van der Waals surface area (Å²) in [5.74, 6) is 4.34. The van der Waals surface area contributed by atoms with Crippen molar-refractivity contribution in [1.82, 2.24) is 0 Å². The maximum Gasteiger partial charge on any atom is 0.161 e. The molecule has 4 aliphatic rings. The molecule has 3 nitrogen and oxygen atoms in total. The fourth-order valence-electron chi connectivity index (χ4n) is 6.99. The van der Waals surface area contributed by atoms with Gasteiger partial charge in [0.2, 0.25) is 0 Å². The van der Waals surface area contributed by atoms with E-state index in [1.165, 1.54) is 24.8 Å². The molecule has 0 amide bonds. The summed E-state index contributed by atoms with van der Waals surface area (Å²) in [5.41, 5.74) is 3.32. The summed E-state index contributed by atoms with van der Waals surface area (Å²) < 4.78 is 11.6. The zero-order valence-electron chi connectivity index (χ0n) is 21.1. The minimum atomic E-state index is -0.0805. The molecular formula is C31H38O3. The first kappa shape index (κ1) is 23.2. The van der Waals surface area contributed by atoms with Crippen molar-refractivity contribution in [2.24, 2.45) is 23.2 Å². The van der Waals surface area contributed by atoms with Crippen LogP contribution in [0.2, 0.25) is 0 Å². The first-order valence-electron chi connectivity index (χ1n) is 12.9. The van der Waals surface area contributed by atoms with E-state index in [0.717, 1.165) is 59.6 Å². The molecule has 0 saturated heterocycles. The van der Waals surface area contributed by atoms with Gasteiger partial charge in [-0.15, -0.1) is 0 Å². The number of hydrogen-bond donors (Lipinski definition) is 0. The Hall–Kier alpha value is -2.55. The van der Waals surface area contributed by atoms with Crippen LogP contribution in [0, 0.1) is 23.2 Å². The molecule has 6 rings (SSSR count). The molecule has 4 saturated carbocycles. The highest BCUT2D eigenvalue weighted by atomic mass is 16.5. The molecule has 0 aliphatic heterocycles. The molecular weight excluding hydrogens is 420 g/mol. The number of carbonyl (C=O) groups is 1. The minimum absolute atomic E-state index is 0.0805. The van der Waals surface area contributed by atoms with Crippen molar-refractivity contribution < 1.29 is 14.3 Å². The Morgan fingerprint density at radius 1 is 0.971 bits per heavy atom. The van der Waals surface area contributed by atoms with Gasteiger partial charge in [-0.05, 0) is 103 Å². The van der Waals surface area contributed by atoms with Gasteiger partial charge in [0.15, 0.2) is 5.78 Å². The molecule has 0 spiro atoms. The molecule has 0 atom stereocenters. The van der Waals surface area contributed by atoms with E-state index in [-0.39, 0.29) is 10.8 Å². The molecule has 0 heterocycles. The number of ketones is 1. The van der Waals surface area contributed by atoms with E-state index in [1.807, 2.05) is 36.4 Å². The van der Waals surface area contributed by atoms with Crippen molar-refractivity contribution >= 4 is 11.9 Å². The lowest BCUT2D eigenvalue weighted by Gasteiger charge is -2.55. The van der Waals surface area contributed by atoms with Crippen LogP contribution in [-0.4, -0.2) is 12.9 Å². The second-order valence-corrected chi connectivity index (χ2v) is 12.0. The van der Waals surface area contributed by atoms with Crippen LogP contribution in [-0.2, 0) is 16.8 Å². The van der Waals surface area contributed by atoms with Gasteiger partial charge in [0.25, 0.3) is 0 Å². The summed E-state index contributed by atoms with van der Waals surface area (Å²) in [6, 6.07) is 14.4. The van der Waals surface area contributed by atoms with E-state index < -0.39 is 0 Å². The third-order valence-corrected chi connectivity index (χ3v) is 8.41. The van der Waals surface area contributed by atoms with Gasteiger partial charge in [-0.3, -0.25) is 4.79 Å². The Kier molecular flexibility index (Phi) is 6.08. The van der Waals surface area contributed by atoms with Crippen LogP contribution in [0.1, 0.15) is 76.0 Å².